The van der Waals surface area contributed by atoms with Crippen molar-refractivity contribution < 1.29 is 4.79 Å². The lowest BCUT2D eigenvalue weighted by Crippen LogP contribution is -2.15. The molecule has 0 atom stereocenters. The SMILES string of the molecule is Cc1ccc(C)c(-n2ncc(C(=O)Nc3cc(CN(C)C)ccc3C)c2C)c1. The minimum absolute atomic E-state index is 0.140. The molecule has 3 rings (SSSR count). The van der Waals surface area contributed by atoms with Crippen molar-refractivity contribution in [3.8, 4) is 5.69 Å². The molecule has 5 heteroatoms. The standard InChI is InChI=1S/C23H28N4O/c1-15-7-8-17(3)22(11-15)27-18(4)20(13-24-27)23(28)25-21-12-19(14-26(5)6)10-9-16(21)2/h7-13H,14H2,1-6H3,(H,25,28). The minimum atomic E-state index is -0.140. The van der Waals surface area contributed by atoms with Crippen LogP contribution in [0.3, 0.4) is 0 Å². The van der Waals surface area contributed by atoms with E-state index in [9.17, 15) is 4.79 Å². The normalized spacial score (nSPS) is 11.1. The van der Waals surface area contributed by atoms with E-state index in [0.29, 0.717) is 5.56 Å². The maximum absolute atomic E-state index is 12.9. The first-order chi connectivity index (χ1) is 13.3. The largest absolute Gasteiger partial charge is 0.322 e. The zero-order chi connectivity index (χ0) is 20.4. The summed E-state index contributed by atoms with van der Waals surface area (Å²) in [5.41, 5.74) is 7.73. The summed E-state index contributed by atoms with van der Waals surface area (Å²) < 4.78 is 1.84. The molecule has 1 N–H and O–H groups in total. The van der Waals surface area contributed by atoms with Gasteiger partial charge in [0.25, 0.3) is 5.91 Å². The number of hydrogen-bond donors (Lipinski definition) is 1. The van der Waals surface area contributed by atoms with E-state index in [1.165, 1.54) is 0 Å². The third kappa shape index (κ3) is 4.15. The number of aromatic nitrogens is 2. The van der Waals surface area contributed by atoms with Gasteiger partial charge in [-0.3, -0.25) is 4.79 Å². The third-order valence-corrected chi connectivity index (χ3v) is 4.90. The first-order valence-corrected chi connectivity index (χ1v) is 9.44. The quantitative estimate of drug-likeness (QED) is 0.717. The van der Waals surface area contributed by atoms with Crippen molar-refractivity contribution in [3.05, 3.63) is 76.1 Å². The molecule has 0 radical (unpaired) electrons. The van der Waals surface area contributed by atoms with E-state index in [0.717, 1.165) is 45.9 Å². The Bertz CT molecular complexity index is 1020. The highest BCUT2D eigenvalue weighted by molar-refractivity contribution is 6.05. The second-order valence-corrected chi connectivity index (χ2v) is 7.69. The molecular formula is C23H28N4O. The summed E-state index contributed by atoms with van der Waals surface area (Å²) >= 11 is 0. The Morgan fingerprint density at radius 1 is 1.04 bits per heavy atom. The summed E-state index contributed by atoms with van der Waals surface area (Å²) in [5, 5.41) is 7.54. The van der Waals surface area contributed by atoms with E-state index in [1.54, 1.807) is 6.20 Å². The topological polar surface area (TPSA) is 50.2 Å². The van der Waals surface area contributed by atoms with E-state index < -0.39 is 0 Å². The molecule has 1 amide bonds. The van der Waals surface area contributed by atoms with E-state index in [1.807, 2.05) is 44.8 Å². The van der Waals surface area contributed by atoms with Gasteiger partial charge in [-0.2, -0.15) is 5.10 Å². The molecule has 0 aliphatic rings. The predicted octanol–water partition coefficient (Wildman–Crippen LogP) is 4.42. The average molecular weight is 377 g/mol. The van der Waals surface area contributed by atoms with Crippen molar-refractivity contribution in [1.82, 2.24) is 14.7 Å². The predicted molar refractivity (Wildman–Crippen MR) is 114 cm³/mol. The molecule has 0 unspecified atom stereocenters. The molecule has 0 saturated heterocycles. The van der Waals surface area contributed by atoms with Gasteiger partial charge in [0.1, 0.15) is 0 Å². The van der Waals surface area contributed by atoms with Gasteiger partial charge in [-0.1, -0.05) is 24.3 Å². The van der Waals surface area contributed by atoms with Gasteiger partial charge in [0, 0.05) is 12.2 Å². The highest BCUT2D eigenvalue weighted by Crippen LogP contribution is 2.22. The fourth-order valence-corrected chi connectivity index (χ4v) is 3.28. The second-order valence-electron chi connectivity index (χ2n) is 7.69. The monoisotopic (exact) mass is 376 g/mol. The number of aryl methyl sites for hydroxylation is 3. The van der Waals surface area contributed by atoms with Gasteiger partial charge < -0.3 is 10.2 Å². The lowest BCUT2D eigenvalue weighted by atomic mass is 10.1. The van der Waals surface area contributed by atoms with Gasteiger partial charge in [0.15, 0.2) is 0 Å². The van der Waals surface area contributed by atoms with Crippen LogP contribution in [0.15, 0.2) is 42.6 Å². The van der Waals surface area contributed by atoms with Crippen LogP contribution < -0.4 is 5.32 Å². The van der Waals surface area contributed by atoms with E-state index >= 15 is 0 Å². The van der Waals surface area contributed by atoms with Crippen molar-refractivity contribution in [2.45, 2.75) is 34.2 Å². The molecule has 28 heavy (non-hydrogen) atoms. The Kier molecular flexibility index (Phi) is 5.66. The summed E-state index contributed by atoms with van der Waals surface area (Å²) in [6.45, 7) is 8.86. The molecule has 0 spiro atoms. The van der Waals surface area contributed by atoms with Crippen LogP contribution in [0.1, 0.15) is 38.3 Å². The maximum Gasteiger partial charge on any atom is 0.259 e. The average Bonchev–Trinajstić information content (AvgIpc) is 3.01. The van der Waals surface area contributed by atoms with E-state index in [-0.39, 0.29) is 5.91 Å². The summed E-state index contributed by atoms with van der Waals surface area (Å²) in [7, 11) is 4.06. The molecular weight excluding hydrogens is 348 g/mol. The molecule has 0 aliphatic heterocycles. The first-order valence-electron chi connectivity index (χ1n) is 9.44. The van der Waals surface area contributed by atoms with Gasteiger partial charge in [0.05, 0.1) is 23.1 Å². The van der Waals surface area contributed by atoms with E-state index in [4.69, 9.17) is 0 Å². The van der Waals surface area contributed by atoms with Crippen LogP contribution in [0.4, 0.5) is 5.69 Å². The molecule has 1 aromatic heterocycles. The van der Waals surface area contributed by atoms with Gasteiger partial charge in [-0.05, 0) is 76.2 Å². The van der Waals surface area contributed by atoms with Crippen LogP contribution in [-0.2, 0) is 6.54 Å². The van der Waals surface area contributed by atoms with Crippen LogP contribution in [0.5, 0.6) is 0 Å². The van der Waals surface area contributed by atoms with Crippen LogP contribution in [0.25, 0.3) is 5.69 Å². The molecule has 0 saturated carbocycles. The van der Waals surface area contributed by atoms with Gasteiger partial charge >= 0.3 is 0 Å². The zero-order valence-electron chi connectivity index (χ0n) is 17.5. The highest BCUT2D eigenvalue weighted by Gasteiger charge is 2.17. The molecule has 5 nitrogen and oxygen atoms in total. The number of anilines is 1. The lowest BCUT2D eigenvalue weighted by molar-refractivity contribution is 0.102. The van der Waals surface area contributed by atoms with Crippen molar-refractivity contribution >= 4 is 11.6 Å². The summed E-state index contributed by atoms with van der Waals surface area (Å²) in [4.78, 5) is 15.0. The Morgan fingerprint density at radius 2 is 1.75 bits per heavy atom. The molecule has 0 bridgehead atoms. The van der Waals surface area contributed by atoms with Crippen molar-refractivity contribution in [3.63, 3.8) is 0 Å². The molecule has 2 aromatic carbocycles. The zero-order valence-corrected chi connectivity index (χ0v) is 17.5. The molecule has 0 aliphatic carbocycles. The molecule has 3 aromatic rings. The van der Waals surface area contributed by atoms with Gasteiger partial charge in [-0.15, -0.1) is 0 Å². The summed E-state index contributed by atoms with van der Waals surface area (Å²) in [5.74, 6) is -0.140. The number of rotatable bonds is 5. The Morgan fingerprint density at radius 3 is 2.46 bits per heavy atom. The smallest absolute Gasteiger partial charge is 0.259 e. The Balaban J connectivity index is 1.89. The number of nitrogens with one attached hydrogen (secondary N) is 1. The van der Waals surface area contributed by atoms with Crippen LogP contribution in [-0.4, -0.2) is 34.7 Å². The van der Waals surface area contributed by atoms with Gasteiger partial charge in [-0.25, -0.2) is 4.68 Å². The fraction of sp³-hybridized carbons (Fsp3) is 0.304. The van der Waals surface area contributed by atoms with Crippen LogP contribution in [0.2, 0.25) is 0 Å². The Labute approximate surface area is 167 Å². The van der Waals surface area contributed by atoms with Gasteiger partial charge in [0.2, 0.25) is 0 Å². The summed E-state index contributed by atoms with van der Waals surface area (Å²) in [6.07, 6.45) is 1.64. The molecule has 0 fully saturated rings. The Hall–Kier alpha value is -2.92. The number of carbonyl (C=O) groups is 1. The van der Waals surface area contributed by atoms with Crippen LogP contribution >= 0.6 is 0 Å². The lowest BCUT2D eigenvalue weighted by Gasteiger charge is -2.14. The van der Waals surface area contributed by atoms with Crippen molar-refractivity contribution in [1.29, 1.82) is 0 Å². The third-order valence-electron chi connectivity index (χ3n) is 4.90. The number of carbonyl (C=O) groups excluding carboxylic acids is 1. The number of nitrogens with zero attached hydrogens (tertiary/aromatic N) is 3. The van der Waals surface area contributed by atoms with Crippen molar-refractivity contribution in [2.24, 2.45) is 0 Å². The number of amides is 1. The first kappa shape index (κ1) is 19.8. The van der Waals surface area contributed by atoms with Crippen molar-refractivity contribution in [2.75, 3.05) is 19.4 Å². The van der Waals surface area contributed by atoms with E-state index in [2.05, 4.69) is 53.4 Å². The fourth-order valence-electron chi connectivity index (χ4n) is 3.28. The van der Waals surface area contributed by atoms with Crippen LogP contribution in [0, 0.1) is 27.7 Å². The molecule has 146 valence electrons. The summed E-state index contributed by atoms with van der Waals surface area (Å²) in [6, 6.07) is 12.4. The minimum Gasteiger partial charge on any atom is -0.322 e. The maximum atomic E-state index is 12.9. The number of hydrogen-bond acceptors (Lipinski definition) is 3. The highest BCUT2D eigenvalue weighted by atomic mass is 16.1. The second kappa shape index (κ2) is 7.98. The molecule has 1 heterocycles. The number of benzene rings is 2.